The number of aryl methyl sites for hydroxylation is 3. The number of fused-ring (bicyclic) bond motifs is 1. The van der Waals surface area contributed by atoms with E-state index >= 15 is 0 Å². The molecule has 3 rings (SSSR count). The third-order valence-corrected chi connectivity index (χ3v) is 4.42. The number of hydrogen-bond donors (Lipinski definition) is 1. The fraction of sp³-hybridized carbons (Fsp3) is 0.474. The van der Waals surface area contributed by atoms with E-state index in [-0.39, 0.29) is 11.9 Å². The average Bonchev–Trinajstić information content (AvgIpc) is 2.91. The number of carbonyl (C=O) groups excluding carboxylic acids is 1. The number of aromatic nitrogens is 2. The van der Waals surface area contributed by atoms with E-state index in [0.29, 0.717) is 13.0 Å². The van der Waals surface area contributed by atoms with E-state index in [0.717, 1.165) is 47.8 Å². The zero-order valence-corrected chi connectivity index (χ0v) is 15.0. The van der Waals surface area contributed by atoms with Crippen molar-refractivity contribution < 1.29 is 14.3 Å². The summed E-state index contributed by atoms with van der Waals surface area (Å²) in [5.74, 6) is 1.59. The second-order valence-corrected chi connectivity index (χ2v) is 6.48. The summed E-state index contributed by atoms with van der Waals surface area (Å²) >= 11 is 0. The summed E-state index contributed by atoms with van der Waals surface area (Å²) in [6.45, 7) is 5.24. The first-order valence-corrected chi connectivity index (χ1v) is 8.66. The smallest absolute Gasteiger partial charge is 0.220 e. The van der Waals surface area contributed by atoms with Crippen LogP contribution in [0, 0.1) is 13.8 Å². The number of ether oxygens (including phenoxy) is 2. The SMILES string of the molecule is COc1cccc2c1OCC(NC(=O)CCCn1nc(C)cc1C)C2. The molecule has 0 radical (unpaired) electrons. The minimum absolute atomic E-state index is 0.000732. The third-order valence-electron chi connectivity index (χ3n) is 4.42. The first-order valence-electron chi connectivity index (χ1n) is 8.66. The van der Waals surface area contributed by atoms with Crippen LogP contribution in [0.25, 0.3) is 0 Å². The van der Waals surface area contributed by atoms with Gasteiger partial charge in [-0.05, 0) is 38.8 Å². The van der Waals surface area contributed by atoms with Gasteiger partial charge in [0.15, 0.2) is 11.5 Å². The van der Waals surface area contributed by atoms with Crippen molar-refractivity contribution in [2.45, 2.75) is 45.7 Å². The summed E-state index contributed by atoms with van der Waals surface area (Å²) < 4.78 is 13.1. The molecule has 0 bridgehead atoms. The van der Waals surface area contributed by atoms with Crippen molar-refractivity contribution in [1.82, 2.24) is 15.1 Å². The Balaban J connectivity index is 1.48. The van der Waals surface area contributed by atoms with Gasteiger partial charge in [-0.3, -0.25) is 9.48 Å². The number of nitrogens with zero attached hydrogens (tertiary/aromatic N) is 2. The molecule has 1 aliphatic heterocycles. The fourth-order valence-corrected chi connectivity index (χ4v) is 3.24. The summed E-state index contributed by atoms with van der Waals surface area (Å²) in [5, 5.41) is 7.49. The average molecular weight is 343 g/mol. The van der Waals surface area contributed by atoms with E-state index in [4.69, 9.17) is 9.47 Å². The van der Waals surface area contributed by atoms with Crippen LogP contribution >= 0.6 is 0 Å². The maximum absolute atomic E-state index is 12.2. The van der Waals surface area contributed by atoms with E-state index in [2.05, 4.69) is 10.4 Å². The zero-order chi connectivity index (χ0) is 17.8. The second-order valence-electron chi connectivity index (χ2n) is 6.48. The minimum Gasteiger partial charge on any atom is -0.493 e. The van der Waals surface area contributed by atoms with E-state index in [1.807, 2.05) is 42.8 Å². The highest BCUT2D eigenvalue weighted by Gasteiger charge is 2.23. The van der Waals surface area contributed by atoms with Crippen molar-refractivity contribution in [3.63, 3.8) is 0 Å². The van der Waals surface area contributed by atoms with Crippen molar-refractivity contribution in [2.75, 3.05) is 13.7 Å². The topological polar surface area (TPSA) is 65.4 Å². The van der Waals surface area contributed by atoms with E-state index in [1.165, 1.54) is 0 Å². The normalized spacial score (nSPS) is 16.0. The Labute approximate surface area is 148 Å². The molecule has 0 spiro atoms. The molecule has 134 valence electrons. The van der Waals surface area contributed by atoms with E-state index < -0.39 is 0 Å². The maximum Gasteiger partial charge on any atom is 0.220 e. The zero-order valence-electron chi connectivity index (χ0n) is 15.0. The lowest BCUT2D eigenvalue weighted by molar-refractivity contribution is -0.122. The van der Waals surface area contributed by atoms with Crippen LogP contribution in [-0.2, 0) is 17.8 Å². The molecule has 1 amide bonds. The number of methoxy groups -OCH3 is 1. The molecule has 0 saturated carbocycles. The number of hydrogen-bond acceptors (Lipinski definition) is 4. The van der Waals surface area contributed by atoms with Gasteiger partial charge in [0.2, 0.25) is 5.91 Å². The van der Waals surface area contributed by atoms with Gasteiger partial charge in [-0.25, -0.2) is 0 Å². The highest BCUT2D eigenvalue weighted by atomic mass is 16.5. The highest BCUT2D eigenvalue weighted by Crippen LogP contribution is 2.34. The molecule has 1 unspecified atom stereocenters. The van der Waals surface area contributed by atoms with Gasteiger partial charge in [0, 0.05) is 24.2 Å². The van der Waals surface area contributed by atoms with Crippen LogP contribution in [0.3, 0.4) is 0 Å². The third kappa shape index (κ3) is 4.13. The van der Waals surface area contributed by atoms with Crippen LogP contribution in [0.1, 0.15) is 29.8 Å². The van der Waals surface area contributed by atoms with Crippen LogP contribution < -0.4 is 14.8 Å². The van der Waals surface area contributed by atoms with Gasteiger partial charge in [0.05, 0.1) is 18.8 Å². The van der Waals surface area contributed by atoms with E-state index in [9.17, 15) is 4.79 Å². The molecule has 1 aliphatic rings. The lowest BCUT2D eigenvalue weighted by atomic mass is 10.0. The first-order chi connectivity index (χ1) is 12.1. The fourth-order valence-electron chi connectivity index (χ4n) is 3.24. The summed E-state index contributed by atoms with van der Waals surface area (Å²) in [4.78, 5) is 12.2. The molecule has 0 saturated heterocycles. The number of amides is 1. The summed E-state index contributed by atoms with van der Waals surface area (Å²) in [5.41, 5.74) is 3.21. The van der Waals surface area contributed by atoms with Gasteiger partial charge in [-0.2, -0.15) is 5.10 Å². The quantitative estimate of drug-likeness (QED) is 0.875. The molecule has 1 atom stereocenters. The lowest BCUT2D eigenvalue weighted by Crippen LogP contribution is -2.42. The van der Waals surface area contributed by atoms with Gasteiger partial charge in [0.25, 0.3) is 0 Å². The highest BCUT2D eigenvalue weighted by molar-refractivity contribution is 5.76. The van der Waals surface area contributed by atoms with Gasteiger partial charge < -0.3 is 14.8 Å². The molecule has 1 aromatic heterocycles. The lowest BCUT2D eigenvalue weighted by Gasteiger charge is -2.27. The summed E-state index contributed by atoms with van der Waals surface area (Å²) in [6, 6.07) is 7.89. The Morgan fingerprint density at radius 3 is 3.00 bits per heavy atom. The maximum atomic E-state index is 12.2. The second kappa shape index (κ2) is 7.59. The van der Waals surface area contributed by atoms with Crippen molar-refractivity contribution in [3.05, 3.63) is 41.2 Å². The molecule has 2 heterocycles. The molecule has 1 N–H and O–H groups in total. The number of benzene rings is 1. The molecular formula is C19H25N3O3. The van der Waals surface area contributed by atoms with Crippen LogP contribution in [0.2, 0.25) is 0 Å². The predicted molar refractivity (Wildman–Crippen MR) is 95.1 cm³/mol. The molecule has 0 fully saturated rings. The Bertz CT molecular complexity index is 754. The number of nitrogens with one attached hydrogen (secondary N) is 1. The Morgan fingerprint density at radius 1 is 1.44 bits per heavy atom. The minimum atomic E-state index is 0.000732. The molecule has 6 nitrogen and oxygen atoms in total. The van der Waals surface area contributed by atoms with Gasteiger partial charge in [0.1, 0.15) is 6.61 Å². The summed E-state index contributed by atoms with van der Waals surface area (Å²) in [7, 11) is 1.63. The van der Waals surface area contributed by atoms with Gasteiger partial charge in [-0.15, -0.1) is 0 Å². The molecule has 0 aliphatic carbocycles. The first kappa shape index (κ1) is 17.3. The van der Waals surface area contributed by atoms with Crippen LogP contribution in [0.5, 0.6) is 11.5 Å². The van der Waals surface area contributed by atoms with E-state index in [1.54, 1.807) is 7.11 Å². The monoisotopic (exact) mass is 343 g/mol. The molecule has 1 aromatic carbocycles. The molecule has 25 heavy (non-hydrogen) atoms. The molecular weight excluding hydrogens is 318 g/mol. The predicted octanol–water partition coefficient (Wildman–Crippen LogP) is 2.41. The van der Waals surface area contributed by atoms with Gasteiger partial charge >= 0.3 is 0 Å². The van der Waals surface area contributed by atoms with Crippen molar-refractivity contribution in [1.29, 1.82) is 0 Å². The molecule has 6 heteroatoms. The Kier molecular flexibility index (Phi) is 5.26. The standard InChI is InChI=1S/C19H25N3O3/c1-13-10-14(2)22(21-13)9-5-8-18(23)20-16-11-15-6-4-7-17(24-3)19(15)25-12-16/h4,6-7,10,16H,5,8-9,11-12H2,1-3H3,(H,20,23). The largest absolute Gasteiger partial charge is 0.493 e. The number of rotatable bonds is 6. The summed E-state index contributed by atoms with van der Waals surface area (Å²) in [6.07, 6.45) is 2.02. The molecule has 2 aromatic rings. The number of para-hydroxylation sites is 1. The van der Waals surface area contributed by atoms with Crippen LogP contribution in [-0.4, -0.2) is 35.4 Å². The van der Waals surface area contributed by atoms with Gasteiger partial charge in [-0.1, -0.05) is 12.1 Å². The van der Waals surface area contributed by atoms with Crippen LogP contribution in [0.4, 0.5) is 0 Å². The number of carbonyl (C=O) groups is 1. The van der Waals surface area contributed by atoms with Crippen molar-refractivity contribution in [3.8, 4) is 11.5 Å². The van der Waals surface area contributed by atoms with Crippen molar-refractivity contribution in [2.24, 2.45) is 0 Å². The van der Waals surface area contributed by atoms with Crippen molar-refractivity contribution >= 4 is 5.91 Å². The Morgan fingerprint density at radius 2 is 2.28 bits per heavy atom. The van der Waals surface area contributed by atoms with Crippen LogP contribution in [0.15, 0.2) is 24.3 Å². The Hall–Kier alpha value is -2.50.